The predicted octanol–water partition coefficient (Wildman–Crippen LogP) is 3.83. The number of carbonyl (C=O) groups is 1. The Labute approximate surface area is 204 Å². The maximum absolute atomic E-state index is 14.4. The van der Waals surface area contributed by atoms with Crippen molar-refractivity contribution in [3.8, 4) is 17.0 Å². The van der Waals surface area contributed by atoms with E-state index in [0.29, 0.717) is 28.7 Å². The van der Waals surface area contributed by atoms with Crippen LogP contribution in [0.4, 0.5) is 20.4 Å². The van der Waals surface area contributed by atoms with Gasteiger partial charge in [-0.25, -0.2) is 18.7 Å². The Hall–Kier alpha value is -4.26. The van der Waals surface area contributed by atoms with Crippen molar-refractivity contribution in [3.05, 3.63) is 60.3 Å². The molecule has 0 saturated carbocycles. The number of fused-ring (bicyclic) bond motifs is 1. The van der Waals surface area contributed by atoms with E-state index in [1.807, 2.05) is 18.4 Å². The number of nitrogen functional groups attached to an aromatic ring is 1. The fourth-order valence-corrected chi connectivity index (χ4v) is 5.04. The van der Waals surface area contributed by atoms with E-state index >= 15 is 0 Å². The average Bonchev–Trinajstić information content (AvgIpc) is 3.16. The SMILES string of the molecule is COc1ncc(-c2ccc3nc(N)n(C(C)C)c3c2)cc1N(OC=O)S(=O)(=O)c1ccc(F)cc1F. The van der Waals surface area contributed by atoms with Crippen LogP contribution in [0.2, 0.25) is 0 Å². The summed E-state index contributed by atoms with van der Waals surface area (Å²) in [6.45, 7) is 3.75. The molecule has 10 nitrogen and oxygen atoms in total. The van der Waals surface area contributed by atoms with E-state index in [1.165, 1.54) is 19.4 Å². The molecule has 0 radical (unpaired) electrons. The molecule has 36 heavy (non-hydrogen) atoms. The third-order valence-corrected chi connectivity index (χ3v) is 6.92. The smallest absolute Gasteiger partial charge is 0.322 e. The van der Waals surface area contributed by atoms with Gasteiger partial charge in [0, 0.05) is 23.9 Å². The van der Waals surface area contributed by atoms with Crippen LogP contribution < -0.4 is 14.9 Å². The van der Waals surface area contributed by atoms with Gasteiger partial charge in [0.2, 0.25) is 11.8 Å². The summed E-state index contributed by atoms with van der Waals surface area (Å²) >= 11 is 0. The van der Waals surface area contributed by atoms with Crippen molar-refractivity contribution in [2.45, 2.75) is 24.8 Å². The quantitative estimate of drug-likeness (QED) is 0.276. The zero-order valence-electron chi connectivity index (χ0n) is 19.3. The number of carbonyl (C=O) groups excluding carboxylic acids is 1. The normalized spacial score (nSPS) is 11.6. The molecule has 2 N–H and O–H groups in total. The highest BCUT2D eigenvalue weighted by atomic mass is 32.2. The number of nitrogens with two attached hydrogens (primary N) is 1. The molecule has 13 heteroatoms. The Bertz CT molecular complexity index is 1570. The monoisotopic (exact) mass is 517 g/mol. The molecular weight excluding hydrogens is 496 g/mol. The maximum atomic E-state index is 14.4. The molecule has 0 spiro atoms. The van der Waals surface area contributed by atoms with Crippen molar-refractivity contribution in [2.75, 3.05) is 17.3 Å². The number of methoxy groups -OCH3 is 1. The zero-order chi connectivity index (χ0) is 26.2. The van der Waals surface area contributed by atoms with Gasteiger partial charge in [0.1, 0.15) is 16.5 Å². The summed E-state index contributed by atoms with van der Waals surface area (Å²) in [7, 11) is -3.63. The largest absolute Gasteiger partial charge is 0.479 e. The standard InChI is InChI=1S/C23H21F2N5O5S/c1-13(2)29-19-8-14(4-6-18(19)28-23(29)26)15-9-20(22(34-3)27-11-15)30(35-12-31)36(32,33)21-7-5-16(24)10-17(21)25/h4-13H,1-3H3,(H2,26,28). The Morgan fingerprint density at radius 3 is 2.50 bits per heavy atom. The molecule has 2 aromatic heterocycles. The van der Waals surface area contributed by atoms with Crippen molar-refractivity contribution >= 4 is 39.2 Å². The Kier molecular flexibility index (Phi) is 6.50. The third kappa shape index (κ3) is 4.28. The van der Waals surface area contributed by atoms with Gasteiger partial charge in [-0.05, 0) is 49.7 Å². The molecule has 0 aliphatic heterocycles. The fraction of sp³-hybridized carbons (Fsp3) is 0.174. The lowest BCUT2D eigenvalue weighted by Crippen LogP contribution is -2.32. The number of imidazole rings is 1. The van der Waals surface area contributed by atoms with Gasteiger partial charge in [-0.3, -0.25) is 4.79 Å². The van der Waals surface area contributed by atoms with Crippen molar-refractivity contribution in [1.82, 2.24) is 14.5 Å². The summed E-state index contributed by atoms with van der Waals surface area (Å²) in [4.78, 5) is 23.6. The van der Waals surface area contributed by atoms with Gasteiger partial charge in [0.05, 0.1) is 18.1 Å². The number of benzene rings is 2. The molecule has 0 aliphatic carbocycles. The molecule has 0 aliphatic rings. The second kappa shape index (κ2) is 9.41. The second-order valence-corrected chi connectivity index (χ2v) is 9.62. The minimum Gasteiger partial charge on any atom is -0.479 e. The van der Waals surface area contributed by atoms with Crippen LogP contribution in [0.25, 0.3) is 22.2 Å². The van der Waals surface area contributed by atoms with E-state index in [0.717, 1.165) is 17.6 Å². The Morgan fingerprint density at radius 1 is 1.11 bits per heavy atom. The summed E-state index contributed by atoms with van der Waals surface area (Å²) in [5.41, 5.74) is 8.15. The van der Waals surface area contributed by atoms with Crippen LogP contribution in [0.15, 0.2) is 53.6 Å². The molecule has 0 amide bonds. The highest BCUT2D eigenvalue weighted by molar-refractivity contribution is 7.92. The number of hydrogen-bond acceptors (Lipinski definition) is 8. The number of anilines is 2. The summed E-state index contributed by atoms with van der Waals surface area (Å²) in [6, 6.07) is 8.51. The molecule has 0 atom stereocenters. The number of aromatic nitrogens is 3. The molecular formula is C23H21F2N5O5S. The van der Waals surface area contributed by atoms with Gasteiger partial charge >= 0.3 is 6.47 Å². The van der Waals surface area contributed by atoms with Gasteiger partial charge in [-0.15, -0.1) is 0 Å². The van der Waals surface area contributed by atoms with E-state index < -0.39 is 26.6 Å². The minimum atomic E-state index is -4.86. The summed E-state index contributed by atoms with van der Waals surface area (Å²) in [6.07, 6.45) is 1.42. The van der Waals surface area contributed by atoms with Crippen LogP contribution >= 0.6 is 0 Å². The first-order valence-corrected chi connectivity index (χ1v) is 11.9. The molecule has 0 saturated heterocycles. The number of rotatable bonds is 8. The number of sulfonamides is 1. The number of nitrogens with zero attached hydrogens (tertiary/aromatic N) is 4. The maximum Gasteiger partial charge on any atom is 0.322 e. The van der Waals surface area contributed by atoms with Crippen LogP contribution in [0.3, 0.4) is 0 Å². The highest BCUT2D eigenvalue weighted by Crippen LogP contribution is 2.36. The number of halogens is 2. The molecule has 0 bridgehead atoms. The van der Waals surface area contributed by atoms with Crippen LogP contribution in [-0.2, 0) is 19.7 Å². The number of pyridine rings is 1. The van der Waals surface area contributed by atoms with Crippen LogP contribution in [0, 0.1) is 11.6 Å². The first-order chi connectivity index (χ1) is 17.1. The Morgan fingerprint density at radius 2 is 1.86 bits per heavy atom. The zero-order valence-corrected chi connectivity index (χ0v) is 20.2. The number of hydrogen-bond donors (Lipinski definition) is 1. The third-order valence-electron chi connectivity index (χ3n) is 5.32. The average molecular weight is 518 g/mol. The van der Waals surface area contributed by atoms with Crippen molar-refractivity contribution in [2.24, 2.45) is 0 Å². The molecule has 2 aromatic carbocycles. The van der Waals surface area contributed by atoms with E-state index in [9.17, 15) is 22.0 Å². The van der Waals surface area contributed by atoms with Crippen LogP contribution in [-0.4, -0.2) is 36.5 Å². The Balaban J connectivity index is 1.89. The van der Waals surface area contributed by atoms with Gasteiger partial charge in [0.25, 0.3) is 10.0 Å². The van der Waals surface area contributed by atoms with E-state index in [1.54, 1.807) is 18.2 Å². The molecule has 0 fully saturated rings. The van der Waals surface area contributed by atoms with E-state index in [2.05, 4.69) is 9.97 Å². The summed E-state index contributed by atoms with van der Waals surface area (Å²) in [5.74, 6) is -2.25. The van der Waals surface area contributed by atoms with Crippen LogP contribution in [0.1, 0.15) is 19.9 Å². The summed E-state index contributed by atoms with van der Waals surface area (Å²) in [5, 5.41) is 0. The van der Waals surface area contributed by atoms with Gasteiger partial charge in [-0.2, -0.15) is 8.42 Å². The first-order valence-electron chi connectivity index (χ1n) is 10.5. The molecule has 4 rings (SSSR count). The molecule has 4 aromatic rings. The van der Waals surface area contributed by atoms with Crippen molar-refractivity contribution < 1.29 is 31.6 Å². The van der Waals surface area contributed by atoms with Gasteiger partial charge in [0.15, 0.2) is 5.69 Å². The van der Waals surface area contributed by atoms with Gasteiger partial charge in [-0.1, -0.05) is 10.5 Å². The molecule has 188 valence electrons. The molecule has 0 unspecified atom stereocenters. The van der Waals surface area contributed by atoms with Gasteiger partial charge < -0.3 is 19.9 Å². The van der Waals surface area contributed by atoms with E-state index in [-0.39, 0.29) is 28.5 Å². The summed E-state index contributed by atoms with van der Waals surface area (Å²) < 4.78 is 61.4. The first kappa shape index (κ1) is 24.9. The lowest BCUT2D eigenvalue weighted by molar-refractivity contribution is -0.128. The van der Waals surface area contributed by atoms with E-state index in [4.69, 9.17) is 15.3 Å². The van der Waals surface area contributed by atoms with Crippen molar-refractivity contribution in [1.29, 1.82) is 0 Å². The minimum absolute atomic E-state index is 0.0158. The lowest BCUT2D eigenvalue weighted by atomic mass is 10.1. The van der Waals surface area contributed by atoms with Crippen molar-refractivity contribution in [3.63, 3.8) is 0 Å². The topological polar surface area (TPSA) is 130 Å². The predicted molar refractivity (Wildman–Crippen MR) is 127 cm³/mol. The lowest BCUT2D eigenvalue weighted by Gasteiger charge is -2.22. The number of ether oxygens (including phenoxy) is 1. The highest BCUT2D eigenvalue weighted by Gasteiger charge is 2.33. The molecule has 2 heterocycles. The fourth-order valence-electron chi connectivity index (χ4n) is 3.78. The second-order valence-electron chi connectivity index (χ2n) is 7.90. The van der Waals surface area contributed by atoms with Crippen LogP contribution in [0.5, 0.6) is 5.88 Å².